The second-order valence-electron chi connectivity index (χ2n) is 3.62. The smallest absolute Gasteiger partial charge is 0.333 e. The maximum atomic E-state index is 11.3. The lowest BCUT2D eigenvalue weighted by Crippen LogP contribution is -2.31. The molecule has 1 aliphatic rings. The van der Waals surface area contributed by atoms with Crippen LogP contribution in [-0.2, 0) is 9.53 Å². The fraction of sp³-hybridized carbons (Fsp3) is 0.364. The average molecular weight is 298 g/mol. The average Bonchev–Trinajstić information content (AvgIpc) is 2.39. The second-order valence-corrected chi connectivity index (χ2v) is 4.53. The zero-order chi connectivity index (χ0) is 12.3. The van der Waals surface area contributed by atoms with Gasteiger partial charge in [0, 0.05) is 31.1 Å². The van der Waals surface area contributed by atoms with Crippen molar-refractivity contribution in [1.82, 2.24) is 9.97 Å². The van der Waals surface area contributed by atoms with E-state index in [2.05, 4.69) is 30.6 Å². The van der Waals surface area contributed by atoms with Gasteiger partial charge >= 0.3 is 5.97 Å². The molecule has 6 heteroatoms. The van der Waals surface area contributed by atoms with Gasteiger partial charge in [-0.25, -0.2) is 14.8 Å². The van der Waals surface area contributed by atoms with Gasteiger partial charge in [0.1, 0.15) is 0 Å². The first-order valence-corrected chi connectivity index (χ1v) is 6.00. The van der Waals surface area contributed by atoms with Crippen LogP contribution < -0.4 is 4.90 Å². The zero-order valence-corrected chi connectivity index (χ0v) is 11.0. The number of hydrogen-bond donors (Lipinski definition) is 0. The molecular weight excluding hydrogens is 286 g/mol. The first-order valence-electron chi connectivity index (χ1n) is 5.20. The standard InChI is InChI=1S/C11H12BrN3O2/c1-17-10(16)8-2-4-15(5-3-8)11-13-6-9(12)7-14-11/h2,6-7H,3-5H2,1H3. The fourth-order valence-electron chi connectivity index (χ4n) is 1.64. The third-order valence-electron chi connectivity index (χ3n) is 2.55. The summed E-state index contributed by atoms with van der Waals surface area (Å²) in [5.41, 5.74) is 0.723. The van der Waals surface area contributed by atoms with E-state index in [1.165, 1.54) is 7.11 Å². The summed E-state index contributed by atoms with van der Waals surface area (Å²) in [5.74, 6) is 0.426. The number of esters is 1. The number of anilines is 1. The normalized spacial score (nSPS) is 15.4. The van der Waals surface area contributed by atoms with E-state index in [9.17, 15) is 4.79 Å². The molecule has 2 heterocycles. The highest BCUT2D eigenvalue weighted by Gasteiger charge is 2.18. The zero-order valence-electron chi connectivity index (χ0n) is 9.39. The molecule has 1 aromatic heterocycles. The van der Waals surface area contributed by atoms with Crippen LogP contribution in [0, 0.1) is 0 Å². The van der Waals surface area contributed by atoms with E-state index in [1.54, 1.807) is 12.4 Å². The lowest BCUT2D eigenvalue weighted by atomic mass is 10.1. The highest BCUT2D eigenvalue weighted by atomic mass is 79.9. The molecule has 0 bridgehead atoms. The van der Waals surface area contributed by atoms with Crippen molar-refractivity contribution in [2.45, 2.75) is 6.42 Å². The van der Waals surface area contributed by atoms with Crippen LogP contribution >= 0.6 is 15.9 Å². The Labute approximate surface area is 108 Å². The Balaban J connectivity index is 2.06. The van der Waals surface area contributed by atoms with Crippen molar-refractivity contribution in [1.29, 1.82) is 0 Å². The summed E-state index contributed by atoms with van der Waals surface area (Å²) in [5, 5.41) is 0. The van der Waals surface area contributed by atoms with Crippen LogP contribution in [0.25, 0.3) is 0 Å². The van der Waals surface area contributed by atoms with Gasteiger partial charge in [-0.1, -0.05) is 6.08 Å². The van der Waals surface area contributed by atoms with Gasteiger partial charge < -0.3 is 9.64 Å². The minimum Gasteiger partial charge on any atom is -0.466 e. The molecular formula is C11H12BrN3O2. The molecule has 5 nitrogen and oxygen atoms in total. The van der Waals surface area contributed by atoms with Crippen molar-refractivity contribution in [3.8, 4) is 0 Å². The first kappa shape index (κ1) is 12.0. The molecule has 0 saturated heterocycles. The summed E-state index contributed by atoms with van der Waals surface area (Å²) in [6.07, 6.45) is 5.94. The molecule has 0 amide bonds. The monoisotopic (exact) mass is 297 g/mol. The Morgan fingerprint density at radius 2 is 2.18 bits per heavy atom. The van der Waals surface area contributed by atoms with E-state index in [-0.39, 0.29) is 5.97 Å². The second kappa shape index (κ2) is 5.27. The highest BCUT2D eigenvalue weighted by Crippen LogP contribution is 2.17. The van der Waals surface area contributed by atoms with Gasteiger partial charge in [-0.2, -0.15) is 0 Å². The predicted octanol–water partition coefficient (Wildman–Crippen LogP) is 1.55. The Morgan fingerprint density at radius 3 is 2.71 bits per heavy atom. The largest absolute Gasteiger partial charge is 0.466 e. The number of halogens is 1. The third-order valence-corrected chi connectivity index (χ3v) is 2.96. The maximum Gasteiger partial charge on any atom is 0.333 e. The van der Waals surface area contributed by atoms with Crippen LogP contribution in [0.5, 0.6) is 0 Å². The van der Waals surface area contributed by atoms with Gasteiger partial charge in [-0.15, -0.1) is 0 Å². The van der Waals surface area contributed by atoms with Gasteiger partial charge in [0.2, 0.25) is 5.95 Å². The van der Waals surface area contributed by atoms with Crippen LogP contribution in [0.15, 0.2) is 28.5 Å². The van der Waals surface area contributed by atoms with Gasteiger partial charge in [0.15, 0.2) is 0 Å². The number of rotatable bonds is 2. The SMILES string of the molecule is COC(=O)C1=CCN(c2ncc(Br)cn2)CC1. The van der Waals surface area contributed by atoms with E-state index in [0.717, 1.165) is 16.6 Å². The maximum absolute atomic E-state index is 11.3. The molecule has 0 atom stereocenters. The molecule has 90 valence electrons. The molecule has 0 aromatic carbocycles. The molecule has 2 rings (SSSR count). The summed E-state index contributed by atoms with van der Waals surface area (Å²) >= 11 is 3.29. The van der Waals surface area contributed by atoms with Gasteiger partial charge in [-0.3, -0.25) is 0 Å². The van der Waals surface area contributed by atoms with Crippen molar-refractivity contribution in [2.24, 2.45) is 0 Å². The van der Waals surface area contributed by atoms with E-state index in [1.807, 2.05) is 11.0 Å². The van der Waals surface area contributed by atoms with Crippen LogP contribution in [-0.4, -0.2) is 36.1 Å². The lowest BCUT2D eigenvalue weighted by Gasteiger charge is -2.25. The van der Waals surface area contributed by atoms with Crippen molar-refractivity contribution in [3.05, 3.63) is 28.5 Å². The molecule has 0 aliphatic carbocycles. The summed E-state index contributed by atoms with van der Waals surface area (Å²) in [4.78, 5) is 21.7. The van der Waals surface area contributed by atoms with E-state index < -0.39 is 0 Å². The molecule has 0 radical (unpaired) electrons. The third kappa shape index (κ3) is 2.82. The number of aromatic nitrogens is 2. The molecule has 0 N–H and O–H groups in total. The summed E-state index contributed by atoms with van der Waals surface area (Å²) in [7, 11) is 1.40. The highest BCUT2D eigenvalue weighted by molar-refractivity contribution is 9.10. The van der Waals surface area contributed by atoms with Crippen molar-refractivity contribution < 1.29 is 9.53 Å². The van der Waals surface area contributed by atoms with Gasteiger partial charge in [-0.05, 0) is 22.4 Å². The molecule has 0 spiro atoms. The lowest BCUT2D eigenvalue weighted by molar-refractivity contribution is -0.136. The Kier molecular flexibility index (Phi) is 3.73. The molecule has 17 heavy (non-hydrogen) atoms. The number of hydrogen-bond acceptors (Lipinski definition) is 5. The Morgan fingerprint density at radius 1 is 1.47 bits per heavy atom. The number of nitrogens with zero attached hydrogens (tertiary/aromatic N) is 3. The molecule has 0 unspecified atom stereocenters. The predicted molar refractivity (Wildman–Crippen MR) is 66.7 cm³/mol. The van der Waals surface area contributed by atoms with Crippen LogP contribution in [0.3, 0.4) is 0 Å². The van der Waals surface area contributed by atoms with Gasteiger partial charge in [0.25, 0.3) is 0 Å². The molecule has 1 aliphatic heterocycles. The quantitative estimate of drug-likeness (QED) is 0.775. The molecule has 1 aromatic rings. The summed E-state index contributed by atoms with van der Waals surface area (Å²) in [6, 6.07) is 0. The fourth-order valence-corrected chi connectivity index (χ4v) is 1.84. The number of methoxy groups -OCH3 is 1. The summed E-state index contributed by atoms with van der Waals surface area (Å²) in [6.45, 7) is 1.36. The minimum atomic E-state index is -0.249. The van der Waals surface area contributed by atoms with E-state index >= 15 is 0 Å². The number of ether oxygens (including phenoxy) is 1. The first-order chi connectivity index (χ1) is 8.20. The van der Waals surface area contributed by atoms with Crippen molar-refractivity contribution in [3.63, 3.8) is 0 Å². The minimum absolute atomic E-state index is 0.249. The van der Waals surface area contributed by atoms with Crippen LogP contribution in [0.4, 0.5) is 5.95 Å². The van der Waals surface area contributed by atoms with Crippen molar-refractivity contribution >= 4 is 27.8 Å². The summed E-state index contributed by atoms with van der Waals surface area (Å²) < 4.78 is 5.53. The topological polar surface area (TPSA) is 55.3 Å². The molecule has 0 saturated carbocycles. The van der Waals surface area contributed by atoms with Crippen molar-refractivity contribution in [2.75, 3.05) is 25.1 Å². The van der Waals surface area contributed by atoms with Crippen LogP contribution in [0.1, 0.15) is 6.42 Å². The number of carbonyl (C=O) groups is 1. The number of carbonyl (C=O) groups excluding carboxylic acids is 1. The van der Waals surface area contributed by atoms with Crippen LogP contribution in [0.2, 0.25) is 0 Å². The van der Waals surface area contributed by atoms with E-state index in [0.29, 0.717) is 18.9 Å². The Hall–Kier alpha value is -1.43. The van der Waals surface area contributed by atoms with Gasteiger partial charge in [0.05, 0.1) is 11.6 Å². The Bertz CT molecular complexity index is 445. The van der Waals surface area contributed by atoms with E-state index in [4.69, 9.17) is 0 Å². The molecule has 0 fully saturated rings.